The van der Waals surface area contributed by atoms with Gasteiger partial charge in [0.25, 0.3) is 5.75 Å². The van der Waals surface area contributed by atoms with E-state index in [0.29, 0.717) is 0 Å². The van der Waals surface area contributed by atoms with E-state index in [0.717, 1.165) is 13.2 Å². The molecule has 0 fully saturated rings. The second-order valence-electron chi connectivity index (χ2n) is 3.11. The molecule has 0 saturated carbocycles. The van der Waals surface area contributed by atoms with Crippen molar-refractivity contribution < 1.29 is 27.6 Å². The highest BCUT2D eigenvalue weighted by Gasteiger charge is 2.35. The van der Waals surface area contributed by atoms with Crippen molar-refractivity contribution in [3.8, 4) is 17.6 Å². The zero-order valence-corrected chi connectivity index (χ0v) is 9.39. The summed E-state index contributed by atoms with van der Waals surface area (Å²) in [5.74, 6) is -2.62. The molecule has 0 atom stereocenters. The number of pyridine rings is 1. The van der Waals surface area contributed by atoms with Gasteiger partial charge < -0.3 is 19.6 Å². The Kier molecular flexibility index (Phi) is 4.11. The molecule has 1 aromatic heterocycles. The second-order valence-corrected chi connectivity index (χ2v) is 3.11. The Hall–Kier alpha value is -2.57. The lowest BCUT2D eigenvalue weighted by Crippen LogP contribution is -2.18. The third kappa shape index (κ3) is 3.70. The van der Waals surface area contributed by atoms with Crippen molar-refractivity contribution in [3.63, 3.8) is 0 Å². The van der Waals surface area contributed by atoms with Crippen molar-refractivity contribution in [3.05, 3.63) is 21.9 Å². The highest BCUT2D eigenvalue weighted by Crippen LogP contribution is 2.38. The van der Waals surface area contributed by atoms with Crippen molar-refractivity contribution in [2.24, 2.45) is 0 Å². The van der Waals surface area contributed by atoms with Crippen molar-refractivity contribution in [1.29, 1.82) is 5.26 Å². The van der Waals surface area contributed by atoms with E-state index in [1.54, 1.807) is 6.07 Å². The molecule has 0 radical (unpaired) electrons. The van der Waals surface area contributed by atoms with Gasteiger partial charge in [0.05, 0.1) is 13.2 Å². The van der Waals surface area contributed by atoms with Gasteiger partial charge in [0.1, 0.15) is 6.42 Å². The molecule has 0 aliphatic carbocycles. The zero-order valence-electron chi connectivity index (χ0n) is 9.39. The molecule has 19 heavy (non-hydrogen) atoms. The minimum absolute atomic E-state index is 0.228. The maximum Gasteiger partial charge on any atom is 0.573 e. The van der Waals surface area contributed by atoms with Gasteiger partial charge in [-0.25, -0.2) is 0 Å². The minimum Gasteiger partial charge on any atom is -0.486 e. The first-order valence-electron chi connectivity index (χ1n) is 4.63. The number of alkyl halides is 3. The summed E-state index contributed by atoms with van der Waals surface area (Å²) in [6, 6.07) is 2.38. The minimum atomic E-state index is -5.05. The van der Waals surface area contributed by atoms with Gasteiger partial charge in [-0.05, 0) is 9.91 Å². The average molecular weight is 277 g/mol. The van der Waals surface area contributed by atoms with E-state index in [-0.39, 0.29) is 5.69 Å². The Morgan fingerprint density at radius 2 is 2.21 bits per heavy atom. The summed E-state index contributed by atoms with van der Waals surface area (Å²) in [6.07, 6.45) is -5.45. The number of hydrogen-bond donors (Lipinski definition) is 0. The van der Waals surface area contributed by atoms with E-state index in [1.807, 2.05) is 0 Å². The monoisotopic (exact) mass is 277 g/mol. The number of ether oxygens (including phenoxy) is 2. The molecule has 0 bridgehead atoms. The van der Waals surface area contributed by atoms with Crippen LogP contribution in [0.2, 0.25) is 0 Å². The van der Waals surface area contributed by atoms with Crippen LogP contribution in [0.1, 0.15) is 5.69 Å². The van der Waals surface area contributed by atoms with Gasteiger partial charge >= 0.3 is 12.2 Å². The molecule has 0 spiro atoms. The first-order valence-corrected chi connectivity index (χ1v) is 4.63. The summed E-state index contributed by atoms with van der Waals surface area (Å²) >= 11 is 0. The molecule has 1 heterocycles. The molecule has 0 saturated heterocycles. The molecule has 0 N–H and O–H groups in total. The first-order chi connectivity index (χ1) is 8.78. The first kappa shape index (κ1) is 14.5. The van der Waals surface area contributed by atoms with Crippen LogP contribution in [0.5, 0.6) is 11.5 Å². The van der Waals surface area contributed by atoms with Crippen LogP contribution in [0.4, 0.5) is 19.0 Å². The summed E-state index contributed by atoms with van der Waals surface area (Å²) in [7, 11) is 0.942. The molecule has 0 unspecified atom stereocenters. The highest BCUT2D eigenvalue weighted by atomic mass is 19.4. The normalized spacial score (nSPS) is 10.7. The standard InChI is InChI=1S/C9H6F3N3O4/c1-18-7-6(19-9(10,11)12)4-5(2-3-13)14-8(7)15(16)17/h4H,2H2,1H3. The fraction of sp³-hybridized carbons (Fsp3) is 0.333. The summed E-state index contributed by atoms with van der Waals surface area (Å²) in [5, 5.41) is 19.1. The lowest BCUT2D eigenvalue weighted by molar-refractivity contribution is -0.390. The third-order valence-corrected chi connectivity index (χ3v) is 1.84. The Morgan fingerprint density at radius 3 is 2.63 bits per heavy atom. The lowest BCUT2D eigenvalue weighted by atomic mass is 10.2. The third-order valence-electron chi connectivity index (χ3n) is 1.84. The van der Waals surface area contributed by atoms with Crippen LogP contribution in [-0.4, -0.2) is 23.4 Å². The van der Waals surface area contributed by atoms with Crippen LogP contribution in [0.25, 0.3) is 0 Å². The molecular formula is C9H6F3N3O4. The van der Waals surface area contributed by atoms with E-state index in [1.165, 1.54) is 0 Å². The number of rotatable bonds is 4. The van der Waals surface area contributed by atoms with Gasteiger partial charge in [-0.15, -0.1) is 13.2 Å². The van der Waals surface area contributed by atoms with Gasteiger partial charge in [-0.3, -0.25) is 0 Å². The number of halogens is 3. The molecule has 102 valence electrons. The number of nitro groups is 1. The largest absolute Gasteiger partial charge is 0.573 e. The smallest absolute Gasteiger partial charge is 0.486 e. The SMILES string of the molecule is COc1c(OC(F)(F)F)cc(CC#N)nc1[N+](=O)[O-]. The van der Waals surface area contributed by atoms with Crippen molar-refractivity contribution >= 4 is 5.82 Å². The molecular weight excluding hydrogens is 271 g/mol. The predicted molar refractivity (Wildman–Crippen MR) is 53.4 cm³/mol. The average Bonchev–Trinajstić information content (AvgIpc) is 2.26. The van der Waals surface area contributed by atoms with Crippen molar-refractivity contribution in [2.45, 2.75) is 12.8 Å². The van der Waals surface area contributed by atoms with Crippen LogP contribution < -0.4 is 9.47 Å². The summed E-state index contributed by atoms with van der Waals surface area (Å²) in [6.45, 7) is 0. The Balaban J connectivity index is 3.40. The van der Waals surface area contributed by atoms with Gasteiger partial charge in [-0.2, -0.15) is 5.26 Å². The molecule has 0 amide bonds. The molecule has 0 aliphatic heterocycles. The summed E-state index contributed by atoms with van der Waals surface area (Å²) in [4.78, 5) is 13.1. The Labute approximate surface area is 104 Å². The molecule has 7 nitrogen and oxygen atoms in total. The van der Waals surface area contributed by atoms with Crippen LogP contribution in [0, 0.1) is 21.4 Å². The van der Waals surface area contributed by atoms with E-state index in [2.05, 4.69) is 14.5 Å². The Bertz CT molecular complexity index is 539. The molecule has 0 aliphatic rings. The maximum atomic E-state index is 12.2. The van der Waals surface area contributed by atoms with Crippen LogP contribution in [0.3, 0.4) is 0 Å². The van der Waals surface area contributed by atoms with Gasteiger partial charge in [0.2, 0.25) is 0 Å². The van der Waals surface area contributed by atoms with Gasteiger partial charge in [0, 0.05) is 6.07 Å². The van der Waals surface area contributed by atoms with E-state index in [9.17, 15) is 23.3 Å². The van der Waals surface area contributed by atoms with Gasteiger partial charge in [-0.1, -0.05) is 0 Å². The Morgan fingerprint density at radius 1 is 1.58 bits per heavy atom. The van der Waals surface area contributed by atoms with Gasteiger partial charge in [0.15, 0.2) is 11.4 Å². The molecule has 10 heteroatoms. The number of hydrogen-bond acceptors (Lipinski definition) is 6. The van der Waals surface area contributed by atoms with Crippen molar-refractivity contribution in [2.75, 3.05) is 7.11 Å². The molecule has 0 aromatic carbocycles. The second kappa shape index (κ2) is 5.38. The van der Waals surface area contributed by atoms with Crippen LogP contribution in [-0.2, 0) is 6.42 Å². The summed E-state index contributed by atoms with van der Waals surface area (Å²) in [5.41, 5.74) is -0.228. The molecule has 1 aromatic rings. The van der Waals surface area contributed by atoms with Crippen LogP contribution >= 0.6 is 0 Å². The fourth-order valence-corrected chi connectivity index (χ4v) is 1.23. The van der Waals surface area contributed by atoms with E-state index in [4.69, 9.17) is 5.26 Å². The van der Waals surface area contributed by atoms with Crippen molar-refractivity contribution in [1.82, 2.24) is 4.98 Å². The highest BCUT2D eigenvalue weighted by molar-refractivity contribution is 5.52. The van der Waals surface area contributed by atoms with E-state index >= 15 is 0 Å². The van der Waals surface area contributed by atoms with Crippen LogP contribution in [0.15, 0.2) is 6.07 Å². The lowest BCUT2D eigenvalue weighted by Gasteiger charge is -2.12. The predicted octanol–water partition coefficient (Wildman–Crippen LogP) is 1.96. The summed E-state index contributed by atoms with van der Waals surface area (Å²) < 4.78 is 44.7. The topological polar surface area (TPSA) is 98.3 Å². The quantitative estimate of drug-likeness (QED) is 0.616. The number of nitrogens with zero attached hydrogens (tertiary/aromatic N) is 3. The zero-order chi connectivity index (χ0) is 14.6. The number of methoxy groups -OCH3 is 1. The maximum absolute atomic E-state index is 12.2. The number of aromatic nitrogens is 1. The fourth-order valence-electron chi connectivity index (χ4n) is 1.23. The molecule has 1 rings (SSSR count). The number of nitriles is 1. The van der Waals surface area contributed by atoms with E-state index < -0.39 is 35.0 Å².